The van der Waals surface area contributed by atoms with Crippen LogP contribution in [0.25, 0.3) is 16.9 Å². The Morgan fingerprint density at radius 2 is 2.19 bits per heavy atom. The minimum atomic E-state index is 0.330. The topological polar surface area (TPSA) is 84.1 Å². The van der Waals surface area contributed by atoms with Crippen LogP contribution in [0.3, 0.4) is 0 Å². The van der Waals surface area contributed by atoms with Crippen molar-refractivity contribution < 1.29 is 0 Å². The van der Waals surface area contributed by atoms with Gasteiger partial charge in [-0.1, -0.05) is 0 Å². The predicted octanol–water partition coefficient (Wildman–Crippen LogP) is 1.78. The average molecular weight is 370 g/mol. The molecule has 9 heteroatoms. The Morgan fingerprint density at radius 3 is 2.88 bits per heavy atom. The molecule has 3 aromatic heterocycles. The first-order chi connectivity index (χ1) is 12.6. The van der Waals surface area contributed by atoms with Crippen molar-refractivity contribution in [2.45, 2.75) is 19.4 Å². The Labute approximate surface area is 156 Å². The van der Waals surface area contributed by atoms with Gasteiger partial charge in [-0.25, -0.2) is 9.97 Å². The Balaban J connectivity index is 1.79. The fraction of sp³-hybridized carbons (Fsp3) is 0.353. The molecule has 0 aromatic carbocycles. The summed E-state index contributed by atoms with van der Waals surface area (Å²) < 4.78 is 7.19. The molecule has 4 rings (SSSR count). The van der Waals surface area contributed by atoms with Crippen LogP contribution in [0.1, 0.15) is 12.6 Å². The van der Waals surface area contributed by atoms with Gasteiger partial charge in [-0.05, 0) is 32.0 Å². The van der Waals surface area contributed by atoms with Gasteiger partial charge < -0.3 is 10.6 Å². The molecule has 3 N–H and O–H groups in total. The van der Waals surface area contributed by atoms with E-state index in [1.54, 1.807) is 16.6 Å². The molecule has 0 spiro atoms. The second kappa shape index (κ2) is 7.10. The Morgan fingerprint density at radius 1 is 1.31 bits per heavy atom. The first-order valence-corrected chi connectivity index (χ1v) is 9.37. The molecule has 1 unspecified atom stereocenters. The molecular formula is C17H22N8S. The zero-order valence-corrected chi connectivity index (χ0v) is 15.8. The highest BCUT2D eigenvalue weighted by Gasteiger charge is 2.17. The molecule has 8 nitrogen and oxygen atoms in total. The zero-order valence-electron chi connectivity index (χ0n) is 15.0. The van der Waals surface area contributed by atoms with Crippen molar-refractivity contribution in [1.82, 2.24) is 34.2 Å². The molecule has 0 saturated carbocycles. The van der Waals surface area contributed by atoms with E-state index in [-0.39, 0.29) is 0 Å². The molecule has 3 aromatic rings. The number of fused-ring (bicyclic) bond motifs is 1. The summed E-state index contributed by atoms with van der Waals surface area (Å²) >= 11 is 1.58. The number of hydrogen-bond donors (Lipinski definition) is 3. The van der Waals surface area contributed by atoms with E-state index in [1.807, 2.05) is 32.7 Å². The molecular weight excluding hydrogens is 348 g/mol. The van der Waals surface area contributed by atoms with Crippen molar-refractivity contribution in [2.24, 2.45) is 7.05 Å². The maximum absolute atomic E-state index is 4.80. The van der Waals surface area contributed by atoms with E-state index < -0.39 is 0 Å². The molecule has 26 heavy (non-hydrogen) atoms. The van der Waals surface area contributed by atoms with Crippen molar-refractivity contribution >= 4 is 23.4 Å². The number of nitrogens with zero attached hydrogens (tertiary/aromatic N) is 5. The number of nitrogens with one attached hydrogen (secondary N) is 3. The van der Waals surface area contributed by atoms with E-state index in [9.17, 15) is 0 Å². The maximum Gasteiger partial charge on any atom is 0.180 e. The molecule has 0 amide bonds. The van der Waals surface area contributed by atoms with E-state index in [4.69, 9.17) is 4.98 Å². The van der Waals surface area contributed by atoms with Gasteiger partial charge in [-0.3, -0.25) is 13.8 Å². The van der Waals surface area contributed by atoms with Crippen molar-refractivity contribution in [3.63, 3.8) is 0 Å². The Kier molecular flexibility index (Phi) is 4.66. The van der Waals surface area contributed by atoms with Crippen LogP contribution < -0.4 is 15.4 Å². The molecule has 0 aliphatic carbocycles. The minimum Gasteiger partial charge on any atom is -0.331 e. The smallest absolute Gasteiger partial charge is 0.180 e. The van der Waals surface area contributed by atoms with Crippen molar-refractivity contribution in [3.8, 4) is 11.3 Å². The number of aryl methyl sites for hydroxylation is 1. The molecule has 0 bridgehead atoms. The molecule has 0 radical (unpaired) electrons. The molecule has 1 aliphatic heterocycles. The van der Waals surface area contributed by atoms with Crippen LogP contribution in [0.2, 0.25) is 0 Å². The summed E-state index contributed by atoms with van der Waals surface area (Å²) in [5, 5.41) is 11.9. The van der Waals surface area contributed by atoms with Crippen LogP contribution in [-0.2, 0) is 13.5 Å². The van der Waals surface area contributed by atoms with E-state index >= 15 is 0 Å². The number of imidazole rings is 1. The van der Waals surface area contributed by atoms with Gasteiger partial charge in [0.15, 0.2) is 11.5 Å². The molecule has 4 heterocycles. The van der Waals surface area contributed by atoms with E-state index in [0.717, 1.165) is 46.4 Å². The Bertz CT molecular complexity index is 957. The van der Waals surface area contributed by atoms with Crippen LogP contribution in [-0.4, -0.2) is 43.8 Å². The lowest BCUT2D eigenvalue weighted by atomic mass is 10.2. The lowest BCUT2D eigenvalue weighted by Gasteiger charge is -2.11. The number of rotatable bonds is 6. The highest BCUT2D eigenvalue weighted by Crippen LogP contribution is 2.27. The number of likely N-dealkylation sites (N-methyl/N-ethyl adjacent to an activating group) is 1. The van der Waals surface area contributed by atoms with Gasteiger partial charge in [0.2, 0.25) is 0 Å². The van der Waals surface area contributed by atoms with Crippen molar-refractivity contribution in [3.05, 3.63) is 41.6 Å². The summed E-state index contributed by atoms with van der Waals surface area (Å²) in [6, 6.07) is 0.330. The van der Waals surface area contributed by atoms with Gasteiger partial charge >= 0.3 is 0 Å². The van der Waals surface area contributed by atoms with Gasteiger partial charge in [0.25, 0.3) is 0 Å². The van der Waals surface area contributed by atoms with E-state index in [0.29, 0.717) is 6.04 Å². The second-order valence-electron chi connectivity index (χ2n) is 6.34. The van der Waals surface area contributed by atoms with Crippen molar-refractivity contribution in [1.29, 1.82) is 0 Å². The highest BCUT2D eigenvalue weighted by atomic mass is 32.2. The summed E-state index contributed by atoms with van der Waals surface area (Å²) in [5.41, 5.74) is 3.84. The third-order valence-corrected chi connectivity index (χ3v) is 5.12. The zero-order chi connectivity index (χ0) is 18.1. The second-order valence-corrected chi connectivity index (χ2v) is 7.22. The van der Waals surface area contributed by atoms with Crippen LogP contribution in [0.5, 0.6) is 0 Å². The predicted molar refractivity (Wildman–Crippen MR) is 105 cm³/mol. The van der Waals surface area contributed by atoms with Crippen LogP contribution in [0.15, 0.2) is 35.9 Å². The lowest BCUT2D eigenvalue weighted by molar-refractivity contribution is 0.768. The summed E-state index contributed by atoms with van der Waals surface area (Å²) in [6.07, 6.45) is 10.8. The van der Waals surface area contributed by atoms with E-state index in [1.165, 1.54) is 0 Å². The molecule has 136 valence electrons. The average Bonchev–Trinajstić information content (AvgIpc) is 3.33. The molecule has 1 atom stereocenters. The largest absolute Gasteiger partial charge is 0.331 e. The summed E-state index contributed by atoms with van der Waals surface area (Å²) in [6.45, 7) is 2.98. The normalized spacial score (nSPS) is 17.0. The standard InChI is InChI=1S/C17H22N8S/c1-11-6-15(26-23-11)22-16-17-19-8-14(12-7-20-24(3)9-12)25(17)10-13(21-16)4-5-18-2/h6-11,18,23H,4-5H2,1-3H3,(H,21,22). The molecule has 1 aliphatic rings. The van der Waals surface area contributed by atoms with Crippen molar-refractivity contribution in [2.75, 3.05) is 18.9 Å². The maximum atomic E-state index is 4.80. The SMILES string of the molecule is CNCCc1cn2c(-c3cnn(C)c3)cnc2c(NC2=CC(C)NS2)n1. The van der Waals surface area contributed by atoms with Gasteiger partial charge in [0.1, 0.15) is 0 Å². The summed E-state index contributed by atoms with van der Waals surface area (Å²) in [4.78, 5) is 9.42. The summed E-state index contributed by atoms with van der Waals surface area (Å²) in [7, 11) is 3.86. The monoisotopic (exact) mass is 370 g/mol. The Hall–Kier alpha value is -2.36. The van der Waals surface area contributed by atoms with Crippen LogP contribution >= 0.6 is 11.9 Å². The number of hydrogen-bond acceptors (Lipinski definition) is 7. The summed E-state index contributed by atoms with van der Waals surface area (Å²) in [5.74, 6) is 0.767. The van der Waals surface area contributed by atoms with E-state index in [2.05, 4.69) is 49.0 Å². The quantitative estimate of drug-likeness (QED) is 0.571. The van der Waals surface area contributed by atoms with Gasteiger partial charge in [0.05, 0.1) is 28.8 Å². The molecule has 0 saturated heterocycles. The number of aromatic nitrogens is 5. The van der Waals surface area contributed by atoms with Crippen LogP contribution in [0.4, 0.5) is 5.82 Å². The van der Waals surface area contributed by atoms with Crippen LogP contribution in [0, 0.1) is 0 Å². The first-order valence-electron chi connectivity index (χ1n) is 8.56. The molecule has 0 fully saturated rings. The number of anilines is 1. The first kappa shape index (κ1) is 17.1. The van der Waals surface area contributed by atoms with Gasteiger partial charge in [0, 0.05) is 44.0 Å². The lowest BCUT2D eigenvalue weighted by Crippen LogP contribution is -2.13. The fourth-order valence-electron chi connectivity index (χ4n) is 2.90. The highest BCUT2D eigenvalue weighted by molar-refractivity contribution is 8.01. The third-order valence-electron chi connectivity index (χ3n) is 4.17. The fourth-order valence-corrected chi connectivity index (χ4v) is 3.70. The van der Waals surface area contributed by atoms with Gasteiger partial charge in [-0.15, -0.1) is 0 Å². The van der Waals surface area contributed by atoms with Gasteiger partial charge in [-0.2, -0.15) is 5.10 Å². The minimum absolute atomic E-state index is 0.330. The third kappa shape index (κ3) is 3.33.